The number of carbonyl (C=O) groups is 1. The molecule has 0 bridgehead atoms. The van der Waals surface area contributed by atoms with E-state index in [4.69, 9.17) is 10.3 Å². The van der Waals surface area contributed by atoms with Gasteiger partial charge in [-0.2, -0.15) is 0 Å². The average Bonchev–Trinajstić information content (AvgIpc) is 2.89. The van der Waals surface area contributed by atoms with Crippen LogP contribution in [0.25, 0.3) is 0 Å². The summed E-state index contributed by atoms with van der Waals surface area (Å²) in [6, 6.07) is 5.50. The maximum atomic E-state index is 12.7. The van der Waals surface area contributed by atoms with E-state index in [9.17, 15) is 4.79 Å². The third kappa shape index (κ3) is 4.69. The molecule has 3 rings (SSSR count). The van der Waals surface area contributed by atoms with E-state index in [-0.39, 0.29) is 30.7 Å². The number of benzene rings is 1. The number of amides is 1. The molecule has 0 spiro atoms. The van der Waals surface area contributed by atoms with Crippen LogP contribution < -0.4 is 5.73 Å². The maximum Gasteiger partial charge on any atom is 0.254 e. The summed E-state index contributed by atoms with van der Waals surface area (Å²) in [7, 11) is 0. The third-order valence-corrected chi connectivity index (χ3v) is 4.71. The molecular weight excluding hydrogens is 375 g/mol. The van der Waals surface area contributed by atoms with Crippen LogP contribution in [0.1, 0.15) is 32.9 Å². The standard InChI is InChI=1S/C18H24N4O2.2ClH/c1-12-4-5-15(19)10-16(12)18(23)22-8-6-21(7-9-22)11-17-13(2)20-24-14(17)3;;/h4-5,10H,6-9,11,19H2,1-3H3;2*1H. The summed E-state index contributed by atoms with van der Waals surface area (Å²) in [5.41, 5.74) is 10.2. The number of aryl methyl sites for hydroxylation is 3. The third-order valence-electron chi connectivity index (χ3n) is 4.71. The Morgan fingerprint density at radius 1 is 1.15 bits per heavy atom. The number of rotatable bonds is 3. The fourth-order valence-corrected chi connectivity index (χ4v) is 3.10. The van der Waals surface area contributed by atoms with Crippen molar-refractivity contribution in [2.45, 2.75) is 27.3 Å². The zero-order valence-electron chi connectivity index (χ0n) is 15.3. The predicted octanol–water partition coefficient (Wildman–Crippen LogP) is 2.98. The van der Waals surface area contributed by atoms with Crippen molar-refractivity contribution in [2.75, 3.05) is 31.9 Å². The normalized spacial score (nSPS) is 14.5. The molecule has 1 aliphatic rings. The van der Waals surface area contributed by atoms with Gasteiger partial charge in [0.05, 0.1) is 5.69 Å². The van der Waals surface area contributed by atoms with Gasteiger partial charge in [-0.1, -0.05) is 11.2 Å². The molecular formula is C18H26Cl2N4O2. The Balaban J connectivity index is 0.00000169. The maximum absolute atomic E-state index is 12.7. The van der Waals surface area contributed by atoms with E-state index in [1.165, 1.54) is 0 Å². The number of hydrogen-bond acceptors (Lipinski definition) is 5. The Morgan fingerprint density at radius 2 is 1.81 bits per heavy atom. The number of nitrogen functional groups attached to an aromatic ring is 1. The Morgan fingerprint density at radius 3 is 2.38 bits per heavy atom. The van der Waals surface area contributed by atoms with E-state index in [0.29, 0.717) is 11.3 Å². The fraction of sp³-hybridized carbons (Fsp3) is 0.444. The molecule has 0 saturated carbocycles. The number of nitrogens with zero attached hydrogens (tertiary/aromatic N) is 3. The molecule has 1 aromatic carbocycles. The predicted molar refractivity (Wildman–Crippen MR) is 107 cm³/mol. The first-order valence-electron chi connectivity index (χ1n) is 8.25. The first-order valence-corrected chi connectivity index (χ1v) is 8.25. The van der Waals surface area contributed by atoms with Gasteiger partial charge < -0.3 is 15.2 Å². The highest BCUT2D eigenvalue weighted by molar-refractivity contribution is 5.96. The lowest BCUT2D eigenvalue weighted by atomic mass is 10.1. The molecule has 0 unspecified atom stereocenters. The number of piperazine rings is 1. The summed E-state index contributed by atoms with van der Waals surface area (Å²) in [5.74, 6) is 0.943. The van der Waals surface area contributed by atoms with Crippen molar-refractivity contribution in [3.63, 3.8) is 0 Å². The zero-order valence-corrected chi connectivity index (χ0v) is 17.0. The van der Waals surface area contributed by atoms with Crippen LogP contribution in [0.15, 0.2) is 22.7 Å². The highest BCUT2D eigenvalue weighted by Gasteiger charge is 2.24. The van der Waals surface area contributed by atoms with Crippen LogP contribution in [-0.2, 0) is 6.54 Å². The summed E-state index contributed by atoms with van der Waals surface area (Å²) in [5, 5.41) is 4.00. The van der Waals surface area contributed by atoms with E-state index in [2.05, 4.69) is 10.1 Å². The van der Waals surface area contributed by atoms with Crippen LogP contribution in [0.5, 0.6) is 0 Å². The molecule has 0 aliphatic carbocycles. The molecule has 1 amide bonds. The van der Waals surface area contributed by atoms with E-state index >= 15 is 0 Å². The van der Waals surface area contributed by atoms with Gasteiger partial charge in [-0.25, -0.2) is 0 Å². The second kappa shape index (κ2) is 9.26. The largest absolute Gasteiger partial charge is 0.399 e. The minimum atomic E-state index is 0. The number of carbonyl (C=O) groups excluding carboxylic acids is 1. The molecule has 0 radical (unpaired) electrons. The van der Waals surface area contributed by atoms with Crippen molar-refractivity contribution < 1.29 is 9.32 Å². The minimum Gasteiger partial charge on any atom is -0.399 e. The van der Waals surface area contributed by atoms with Crippen molar-refractivity contribution in [1.29, 1.82) is 0 Å². The van der Waals surface area contributed by atoms with Gasteiger partial charge in [-0.05, 0) is 38.5 Å². The topological polar surface area (TPSA) is 75.6 Å². The van der Waals surface area contributed by atoms with E-state index in [1.54, 1.807) is 6.07 Å². The number of anilines is 1. The Hall–Kier alpha value is -1.76. The van der Waals surface area contributed by atoms with Crippen LogP contribution in [-0.4, -0.2) is 47.0 Å². The van der Waals surface area contributed by atoms with Gasteiger partial charge in [0.15, 0.2) is 0 Å². The van der Waals surface area contributed by atoms with Crippen molar-refractivity contribution >= 4 is 36.4 Å². The molecule has 1 aromatic heterocycles. The molecule has 2 N–H and O–H groups in total. The Labute approximate surface area is 166 Å². The van der Waals surface area contributed by atoms with Crippen LogP contribution in [0.2, 0.25) is 0 Å². The molecule has 1 saturated heterocycles. The SMILES string of the molecule is Cc1ccc(N)cc1C(=O)N1CCN(Cc2c(C)noc2C)CC1.Cl.Cl. The molecule has 2 aromatic rings. The number of halogens is 2. The number of aromatic nitrogens is 1. The summed E-state index contributed by atoms with van der Waals surface area (Å²) in [6.07, 6.45) is 0. The first-order chi connectivity index (χ1) is 11.5. The fourth-order valence-electron chi connectivity index (χ4n) is 3.10. The van der Waals surface area contributed by atoms with Gasteiger partial charge in [0.2, 0.25) is 0 Å². The second-order valence-electron chi connectivity index (χ2n) is 6.45. The Bertz CT molecular complexity index is 736. The van der Waals surface area contributed by atoms with E-state index in [0.717, 1.165) is 55.3 Å². The van der Waals surface area contributed by atoms with Crippen LogP contribution >= 0.6 is 24.8 Å². The summed E-state index contributed by atoms with van der Waals surface area (Å²) < 4.78 is 5.23. The van der Waals surface area contributed by atoms with Gasteiger partial charge in [-0.3, -0.25) is 9.69 Å². The summed E-state index contributed by atoms with van der Waals surface area (Å²) in [4.78, 5) is 17.0. The lowest BCUT2D eigenvalue weighted by Gasteiger charge is -2.35. The highest BCUT2D eigenvalue weighted by Crippen LogP contribution is 2.19. The van der Waals surface area contributed by atoms with Gasteiger partial charge in [-0.15, -0.1) is 24.8 Å². The smallest absolute Gasteiger partial charge is 0.254 e. The zero-order chi connectivity index (χ0) is 17.3. The van der Waals surface area contributed by atoms with Gasteiger partial charge in [0.25, 0.3) is 5.91 Å². The molecule has 0 atom stereocenters. The van der Waals surface area contributed by atoms with E-state index < -0.39 is 0 Å². The van der Waals surface area contributed by atoms with Gasteiger partial charge in [0.1, 0.15) is 5.76 Å². The first kappa shape index (κ1) is 22.3. The molecule has 1 fully saturated rings. The lowest BCUT2D eigenvalue weighted by molar-refractivity contribution is 0.0627. The molecule has 1 aliphatic heterocycles. The van der Waals surface area contributed by atoms with Gasteiger partial charge in [0, 0.05) is 49.5 Å². The van der Waals surface area contributed by atoms with Crippen LogP contribution in [0.3, 0.4) is 0 Å². The number of hydrogen-bond donors (Lipinski definition) is 1. The molecule has 2 heterocycles. The lowest BCUT2D eigenvalue weighted by Crippen LogP contribution is -2.48. The molecule has 26 heavy (non-hydrogen) atoms. The van der Waals surface area contributed by atoms with Crippen molar-refractivity contribution in [3.05, 3.63) is 46.3 Å². The molecule has 8 heteroatoms. The van der Waals surface area contributed by atoms with Crippen molar-refractivity contribution in [3.8, 4) is 0 Å². The quantitative estimate of drug-likeness (QED) is 0.801. The van der Waals surface area contributed by atoms with Crippen molar-refractivity contribution in [1.82, 2.24) is 15.0 Å². The van der Waals surface area contributed by atoms with Crippen molar-refractivity contribution in [2.24, 2.45) is 0 Å². The molecule has 144 valence electrons. The average molecular weight is 401 g/mol. The monoisotopic (exact) mass is 400 g/mol. The van der Waals surface area contributed by atoms with Crippen LogP contribution in [0, 0.1) is 20.8 Å². The highest BCUT2D eigenvalue weighted by atomic mass is 35.5. The van der Waals surface area contributed by atoms with Gasteiger partial charge >= 0.3 is 0 Å². The second-order valence-corrected chi connectivity index (χ2v) is 6.45. The molecule has 6 nitrogen and oxygen atoms in total. The summed E-state index contributed by atoms with van der Waals surface area (Å²) >= 11 is 0. The van der Waals surface area contributed by atoms with Crippen LogP contribution in [0.4, 0.5) is 5.69 Å². The minimum absolute atomic E-state index is 0. The summed E-state index contributed by atoms with van der Waals surface area (Å²) in [6.45, 7) is 9.80. The Kier molecular flexibility index (Phi) is 7.93. The van der Waals surface area contributed by atoms with E-state index in [1.807, 2.05) is 37.8 Å². The number of nitrogens with two attached hydrogens (primary N) is 1.